The lowest BCUT2D eigenvalue weighted by molar-refractivity contribution is -0.165. The molecule has 1 aromatic rings. The van der Waals surface area contributed by atoms with Gasteiger partial charge in [-0.05, 0) is 31.2 Å². The number of carboxylic acid groups (broad SMARTS) is 1. The number of nitrogens with zero attached hydrogens (tertiary/aromatic N) is 1. The van der Waals surface area contributed by atoms with Gasteiger partial charge >= 0.3 is 5.97 Å². The van der Waals surface area contributed by atoms with Crippen molar-refractivity contribution in [2.75, 3.05) is 20.2 Å². The van der Waals surface area contributed by atoms with Crippen molar-refractivity contribution in [3.63, 3.8) is 0 Å². The zero-order chi connectivity index (χ0) is 17.0. The highest BCUT2D eigenvalue weighted by Crippen LogP contribution is 2.28. The second-order valence-electron chi connectivity index (χ2n) is 5.60. The molecule has 1 unspecified atom stereocenters. The van der Waals surface area contributed by atoms with E-state index < -0.39 is 11.6 Å². The maximum absolute atomic E-state index is 12.5. The first-order chi connectivity index (χ1) is 10.9. The van der Waals surface area contributed by atoms with Gasteiger partial charge in [0.05, 0.1) is 12.4 Å². The Morgan fingerprint density at radius 3 is 2.30 bits per heavy atom. The number of aliphatic hydroxyl groups is 1. The molecule has 1 aliphatic rings. The largest absolute Gasteiger partial charge is 0.497 e. The summed E-state index contributed by atoms with van der Waals surface area (Å²) in [6.07, 6.45) is 0.127. The highest BCUT2D eigenvalue weighted by molar-refractivity contribution is 8.00. The second-order valence-corrected chi connectivity index (χ2v) is 7.01. The number of thioether (sulfide) groups is 1. The summed E-state index contributed by atoms with van der Waals surface area (Å²) in [4.78, 5) is 26.1. The average molecular weight is 339 g/mol. The summed E-state index contributed by atoms with van der Waals surface area (Å²) >= 11 is 1.45. The summed E-state index contributed by atoms with van der Waals surface area (Å²) in [5.74, 6) is -0.499. The Bertz CT molecular complexity index is 566. The SMILES string of the molecule is COc1ccc(SC(C)C(=O)N2CCC(O)(C(=O)O)CC2)cc1. The van der Waals surface area contributed by atoms with Crippen molar-refractivity contribution < 1.29 is 24.5 Å². The number of hydrogen-bond donors (Lipinski definition) is 2. The molecule has 126 valence electrons. The third kappa shape index (κ3) is 4.17. The summed E-state index contributed by atoms with van der Waals surface area (Å²) in [5, 5.41) is 18.6. The summed E-state index contributed by atoms with van der Waals surface area (Å²) < 4.78 is 5.10. The fourth-order valence-corrected chi connectivity index (χ4v) is 3.43. The highest BCUT2D eigenvalue weighted by Gasteiger charge is 2.40. The van der Waals surface area contributed by atoms with Crippen LogP contribution in [0.5, 0.6) is 5.75 Å². The number of hydrogen-bond acceptors (Lipinski definition) is 5. The van der Waals surface area contributed by atoms with Gasteiger partial charge in [0, 0.05) is 30.8 Å². The predicted octanol–water partition coefficient (Wildman–Crippen LogP) is 1.61. The van der Waals surface area contributed by atoms with Gasteiger partial charge in [-0.2, -0.15) is 0 Å². The van der Waals surface area contributed by atoms with Crippen molar-refractivity contribution in [3.8, 4) is 5.75 Å². The Balaban J connectivity index is 1.91. The Labute approximate surface area is 139 Å². The smallest absolute Gasteiger partial charge is 0.335 e. The molecule has 23 heavy (non-hydrogen) atoms. The molecule has 1 amide bonds. The van der Waals surface area contributed by atoms with Crippen LogP contribution in [0.1, 0.15) is 19.8 Å². The Morgan fingerprint density at radius 1 is 1.26 bits per heavy atom. The topological polar surface area (TPSA) is 87.1 Å². The number of benzene rings is 1. The van der Waals surface area contributed by atoms with Gasteiger partial charge < -0.3 is 19.8 Å². The van der Waals surface area contributed by atoms with Crippen LogP contribution in [0.2, 0.25) is 0 Å². The Kier molecular flexibility index (Phi) is 5.54. The fourth-order valence-electron chi connectivity index (χ4n) is 2.48. The number of methoxy groups -OCH3 is 1. The van der Waals surface area contributed by atoms with E-state index in [4.69, 9.17) is 9.84 Å². The van der Waals surface area contributed by atoms with Gasteiger partial charge in [0.25, 0.3) is 0 Å². The van der Waals surface area contributed by atoms with Crippen molar-refractivity contribution in [2.24, 2.45) is 0 Å². The predicted molar refractivity (Wildman–Crippen MR) is 86.7 cm³/mol. The lowest BCUT2D eigenvalue weighted by atomic mass is 9.91. The molecule has 1 aromatic carbocycles. The number of carboxylic acids is 1. The molecule has 6 nitrogen and oxygen atoms in total. The standard InChI is InChI=1S/C16H21NO5S/c1-11(23-13-5-3-12(22-2)4-6-13)14(18)17-9-7-16(21,8-10-17)15(19)20/h3-6,11,21H,7-10H2,1-2H3,(H,19,20). The number of piperidine rings is 1. The van der Waals surface area contributed by atoms with Crippen LogP contribution in [0.15, 0.2) is 29.2 Å². The molecule has 7 heteroatoms. The van der Waals surface area contributed by atoms with Gasteiger partial charge in [0.2, 0.25) is 5.91 Å². The van der Waals surface area contributed by atoms with Crippen molar-refractivity contribution in [1.82, 2.24) is 4.90 Å². The third-order valence-corrected chi connectivity index (χ3v) is 5.12. The number of aliphatic carboxylic acids is 1. The zero-order valence-electron chi connectivity index (χ0n) is 13.2. The van der Waals surface area contributed by atoms with Crippen LogP contribution in [-0.2, 0) is 9.59 Å². The first-order valence-electron chi connectivity index (χ1n) is 7.41. The summed E-state index contributed by atoms with van der Waals surface area (Å²) in [7, 11) is 1.60. The van der Waals surface area contributed by atoms with E-state index in [-0.39, 0.29) is 37.1 Å². The van der Waals surface area contributed by atoms with E-state index in [1.165, 1.54) is 11.8 Å². The van der Waals surface area contributed by atoms with E-state index in [2.05, 4.69) is 0 Å². The number of ether oxygens (including phenoxy) is 1. The zero-order valence-corrected chi connectivity index (χ0v) is 14.0. The summed E-state index contributed by atoms with van der Waals surface area (Å²) in [5.41, 5.74) is -1.71. The van der Waals surface area contributed by atoms with Gasteiger partial charge in [-0.1, -0.05) is 0 Å². The molecular formula is C16H21NO5S. The molecule has 0 spiro atoms. The van der Waals surface area contributed by atoms with Gasteiger partial charge in [0.1, 0.15) is 5.75 Å². The third-order valence-electron chi connectivity index (χ3n) is 4.02. The lowest BCUT2D eigenvalue weighted by Gasteiger charge is -2.36. The van der Waals surface area contributed by atoms with Crippen molar-refractivity contribution in [1.29, 1.82) is 0 Å². The van der Waals surface area contributed by atoms with Crippen LogP contribution >= 0.6 is 11.8 Å². The molecular weight excluding hydrogens is 318 g/mol. The molecule has 0 bridgehead atoms. The molecule has 2 rings (SSSR count). The van der Waals surface area contributed by atoms with Gasteiger partial charge in [-0.25, -0.2) is 4.79 Å². The maximum atomic E-state index is 12.5. The van der Waals surface area contributed by atoms with Crippen molar-refractivity contribution in [3.05, 3.63) is 24.3 Å². The van der Waals surface area contributed by atoms with E-state index in [1.54, 1.807) is 12.0 Å². The maximum Gasteiger partial charge on any atom is 0.335 e. The summed E-state index contributed by atoms with van der Waals surface area (Å²) in [6, 6.07) is 7.47. The minimum atomic E-state index is -1.71. The van der Waals surface area contributed by atoms with Crippen LogP contribution in [0.4, 0.5) is 0 Å². The van der Waals surface area contributed by atoms with Crippen molar-refractivity contribution >= 4 is 23.6 Å². The summed E-state index contributed by atoms with van der Waals surface area (Å²) in [6.45, 7) is 2.35. The fraction of sp³-hybridized carbons (Fsp3) is 0.500. The van der Waals surface area contributed by atoms with Gasteiger partial charge in [-0.3, -0.25) is 4.79 Å². The second kappa shape index (κ2) is 7.23. The lowest BCUT2D eigenvalue weighted by Crippen LogP contribution is -2.52. The van der Waals surface area contributed by atoms with E-state index in [0.29, 0.717) is 0 Å². The number of amides is 1. The van der Waals surface area contributed by atoms with E-state index >= 15 is 0 Å². The van der Waals surface area contributed by atoms with Crippen LogP contribution in [0.25, 0.3) is 0 Å². The van der Waals surface area contributed by atoms with E-state index in [1.807, 2.05) is 31.2 Å². The van der Waals surface area contributed by atoms with E-state index in [9.17, 15) is 14.7 Å². The Morgan fingerprint density at radius 2 is 1.83 bits per heavy atom. The first-order valence-corrected chi connectivity index (χ1v) is 8.29. The molecule has 1 aliphatic heterocycles. The normalized spacial score (nSPS) is 18.3. The molecule has 0 saturated carbocycles. The molecule has 0 radical (unpaired) electrons. The van der Waals surface area contributed by atoms with Crippen LogP contribution < -0.4 is 4.74 Å². The van der Waals surface area contributed by atoms with Crippen LogP contribution in [0, 0.1) is 0 Å². The molecule has 1 saturated heterocycles. The molecule has 1 atom stereocenters. The number of carbonyl (C=O) groups excluding carboxylic acids is 1. The first kappa shape index (κ1) is 17.6. The molecule has 0 aromatic heterocycles. The monoisotopic (exact) mass is 339 g/mol. The minimum absolute atomic E-state index is 0.0433. The molecule has 1 fully saturated rings. The van der Waals surface area contributed by atoms with Crippen LogP contribution in [-0.4, -0.2) is 58.0 Å². The van der Waals surface area contributed by atoms with Crippen LogP contribution in [0.3, 0.4) is 0 Å². The number of likely N-dealkylation sites (tertiary alicyclic amines) is 1. The quantitative estimate of drug-likeness (QED) is 0.793. The number of rotatable bonds is 5. The Hall–Kier alpha value is -1.73. The molecule has 0 aliphatic carbocycles. The number of carbonyl (C=O) groups is 2. The molecule has 1 heterocycles. The highest BCUT2D eigenvalue weighted by atomic mass is 32.2. The van der Waals surface area contributed by atoms with Gasteiger partial charge in [0.15, 0.2) is 5.60 Å². The van der Waals surface area contributed by atoms with Crippen molar-refractivity contribution in [2.45, 2.75) is 35.5 Å². The van der Waals surface area contributed by atoms with E-state index in [0.717, 1.165) is 10.6 Å². The minimum Gasteiger partial charge on any atom is -0.497 e. The molecule has 2 N–H and O–H groups in total. The average Bonchev–Trinajstić information content (AvgIpc) is 2.55. The van der Waals surface area contributed by atoms with Gasteiger partial charge in [-0.15, -0.1) is 11.8 Å².